The lowest BCUT2D eigenvalue weighted by Gasteiger charge is -2.13. The van der Waals surface area contributed by atoms with Crippen LogP contribution in [-0.4, -0.2) is 13.7 Å². The SMILES string of the molecule is COc1cc2ccoc2cc1C(C)CN. The number of nitrogens with two attached hydrogens (primary N) is 1. The molecule has 2 N–H and O–H groups in total. The summed E-state index contributed by atoms with van der Waals surface area (Å²) in [5.74, 6) is 1.15. The van der Waals surface area contributed by atoms with Gasteiger partial charge in [0.25, 0.3) is 0 Å². The van der Waals surface area contributed by atoms with Gasteiger partial charge in [0.2, 0.25) is 0 Å². The molecule has 1 aromatic heterocycles. The third-order valence-corrected chi connectivity index (χ3v) is 2.69. The molecule has 0 amide bonds. The van der Waals surface area contributed by atoms with Gasteiger partial charge in [0.05, 0.1) is 13.4 Å². The summed E-state index contributed by atoms with van der Waals surface area (Å²) in [5.41, 5.74) is 7.64. The molecule has 15 heavy (non-hydrogen) atoms. The zero-order valence-electron chi connectivity index (χ0n) is 8.99. The van der Waals surface area contributed by atoms with Crippen molar-refractivity contribution in [2.75, 3.05) is 13.7 Å². The number of fused-ring (bicyclic) bond motifs is 1. The molecule has 1 aromatic carbocycles. The maximum atomic E-state index is 5.66. The Morgan fingerprint density at radius 2 is 2.27 bits per heavy atom. The van der Waals surface area contributed by atoms with E-state index in [0.29, 0.717) is 6.54 Å². The molecule has 0 aliphatic carbocycles. The minimum atomic E-state index is 0.273. The highest BCUT2D eigenvalue weighted by Gasteiger charge is 2.12. The second kappa shape index (κ2) is 3.95. The van der Waals surface area contributed by atoms with Crippen LogP contribution in [-0.2, 0) is 0 Å². The van der Waals surface area contributed by atoms with Crippen LogP contribution in [0.1, 0.15) is 18.4 Å². The molecule has 0 bridgehead atoms. The van der Waals surface area contributed by atoms with Crippen molar-refractivity contribution in [2.24, 2.45) is 5.73 Å². The summed E-state index contributed by atoms with van der Waals surface area (Å²) in [5, 5.41) is 1.06. The van der Waals surface area contributed by atoms with E-state index >= 15 is 0 Å². The number of furan rings is 1. The van der Waals surface area contributed by atoms with Crippen LogP contribution in [0, 0.1) is 0 Å². The van der Waals surface area contributed by atoms with E-state index < -0.39 is 0 Å². The van der Waals surface area contributed by atoms with E-state index in [4.69, 9.17) is 14.9 Å². The molecule has 0 saturated carbocycles. The molecular weight excluding hydrogens is 190 g/mol. The topological polar surface area (TPSA) is 48.4 Å². The molecule has 0 spiro atoms. The highest BCUT2D eigenvalue weighted by molar-refractivity contribution is 5.80. The van der Waals surface area contributed by atoms with E-state index in [0.717, 1.165) is 22.3 Å². The van der Waals surface area contributed by atoms with Gasteiger partial charge in [0.1, 0.15) is 11.3 Å². The first kappa shape index (κ1) is 10.1. The maximum absolute atomic E-state index is 5.66. The van der Waals surface area contributed by atoms with E-state index in [-0.39, 0.29) is 5.92 Å². The fourth-order valence-electron chi connectivity index (χ4n) is 1.69. The van der Waals surface area contributed by atoms with Crippen LogP contribution in [0.4, 0.5) is 0 Å². The number of rotatable bonds is 3. The number of methoxy groups -OCH3 is 1. The van der Waals surface area contributed by atoms with Crippen LogP contribution in [0.25, 0.3) is 11.0 Å². The second-order valence-electron chi connectivity index (χ2n) is 3.69. The van der Waals surface area contributed by atoms with Gasteiger partial charge in [-0.1, -0.05) is 6.92 Å². The monoisotopic (exact) mass is 205 g/mol. The number of hydrogen-bond donors (Lipinski definition) is 1. The molecule has 0 aliphatic heterocycles. The highest BCUT2D eigenvalue weighted by atomic mass is 16.5. The van der Waals surface area contributed by atoms with Crippen molar-refractivity contribution in [2.45, 2.75) is 12.8 Å². The Labute approximate surface area is 88.8 Å². The Morgan fingerprint density at radius 3 is 2.93 bits per heavy atom. The number of ether oxygens (including phenoxy) is 1. The van der Waals surface area contributed by atoms with Gasteiger partial charge < -0.3 is 14.9 Å². The summed E-state index contributed by atoms with van der Waals surface area (Å²) in [6, 6.07) is 5.92. The quantitative estimate of drug-likeness (QED) is 0.837. The lowest BCUT2D eigenvalue weighted by molar-refractivity contribution is 0.407. The fraction of sp³-hybridized carbons (Fsp3) is 0.333. The molecule has 2 rings (SSSR count). The van der Waals surface area contributed by atoms with E-state index in [1.807, 2.05) is 18.2 Å². The molecule has 80 valence electrons. The first-order valence-electron chi connectivity index (χ1n) is 5.01. The normalized spacial score (nSPS) is 13.0. The smallest absolute Gasteiger partial charge is 0.134 e. The van der Waals surface area contributed by atoms with Crippen molar-refractivity contribution in [3.63, 3.8) is 0 Å². The van der Waals surface area contributed by atoms with E-state index in [1.165, 1.54) is 0 Å². The largest absolute Gasteiger partial charge is 0.496 e. The van der Waals surface area contributed by atoms with Crippen LogP contribution >= 0.6 is 0 Å². The van der Waals surface area contributed by atoms with Gasteiger partial charge in [0, 0.05) is 10.9 Å². The molecule has 1 atom stereocenters. The number of hydrogen-bond acceptors (Lipinski definition) is 3. The average molecular weight is 205 g/mol. The van der Waals surface area contributed by atoms with E-state index in [9.17, 15) is 0 Å². The molecule has 0 saturated heterocycles. The van der Waals surface area contributed by atoms with Gasteiger partial charge >= 0.3 is 0 Å². The molecule has 0 fully saturated rings. The summed E-state index contributed by atoms with van der Waals surface area (Å²) in [6.45, 7) is 2.68. The summed E-state index contributed by atoms with van der Waals surface area (Å²) >= 11 is 0. The van der Waals surface area contributed by atoms with Crippen LogP contribution in [0.2, 0.25) is 0 Å². The third-order valence-electron chi connectivity index (χ3n) is 2.69. The second-order valence-corrected chi connectivity index (χ2v) is 3.69. The summed E-state index contributed by atoms with van der Waals surface area (Å²) < 4.78 is 10.7. The van der Waals surface area contributed by atoms with Crippen molar-refractivity contribution in [3.8, 4) is 5.75 Å². The molecule has 2 aromatic rings. The Balaban J connectivity index is 2.59. The minimum Gasteiger partial charge on any atom is -0.496 e. The lowest BCUT2D eigenvalue weighted by atomic mass is 9.99. The fourth-order valence-corrected chi connectivity index (χ4v) is 1.69. The first-order chi connectivity index (χ1) is 7.26. The highest BCUT2D eigenvalue weighted by Crippen LogP contribution is 2.31. The van der Waals surface area contributed by atoms with Crippen molar-refractivity contribution in [1.82, 2.24) is 0 Å². The molecular formula is C12H15NO2. The summed E-state index contributed by atoms with van der Waals surface area (Å²) in [7, 11) is 1.67. The van der Waals surface area contributed by atoms with E-state index in [1.54, 1.807) is 13.4 Å². The molecule has 1 heterocycles. The Kier molecular flexibility index (Phi) is 2.64. The standard InChI is InChI=1S/C12H15NO2/c1-8(7-13)10-6-11-9(3-4-15-11)5-12(10)14-2/h3-6,8H,7,13H2,1-2H3. The van der Waals surface area contributed by atoms with Gasteiger partial charge in [-0.3, -0.25) is 0 Å². The third kappa shape index (κ3) is 1.70. The van der Waals surface area contributed by atoms with Crippen molar-refractivity contribution >= 4 is 11.0 Å². The van der Waals surface area contributed by atoms with Crippen LogP contribution in [0.3, 0.4) is 0 Å². The number of benzene rings is 1. The van der Waals surface area contributed by atoms with Gasteiger partial charge in [-0.2, -0.15) is 0 Å². The van der Waals surface area contributed by atoms with Gasteiger partial charge in [-0.25, -0.2) is 0 Å². The van der Waals surface area contributed by atoms with E-state index in [2.05, 4.69) is 6.92 Å². The van der Waals surface area contributed by atoms with Crippen molar-refractivity contribution in [1.29, 1.82) is 0 Å². The minimum absolute atomic E-state index is 0.273. The molecule has 3 nitrogen and oxygen atoms in total. The van der Waals surface area contributed by atoms with Crippen molar-refractivity contribution < 1.29 is 9.15 Å². The Bertz CT molecular complexity index is 462. The Hall–Kier alpha value is -1.48. The van der Waals surface area contributed by atoms with Crippen LogP contribution in [0.5, 0.6) is 5.75 Å². The van der Waals surface area contributed by atoms with Crippen LogP contribution in [0.15, 0.2) is 28.9 Å². The van der Waals surface area contributed by atoms with Gasteiger partial charge in [-0.05, 0) is 30.7 Å². The zero-order valence-corrected chi connectivity index (χ0v) is 8.99. The van der Waals surface area contributed by atoms with Gasteiger partial charge in [0.15, 0.2) is 0 Å². The predicted molar refractivity (Wildman–Crippen MR) is 60.2 cm³/mol. The van der Waals surface area contributed by atoms with Crippen molar-refractivity contribution in [3.05, 3.63) is 30.0 Å². The molecule has 0 radical (unpaired) electrons. The lowest BCUT2D eigenvalue weighted by Crippen LogP contribution is -2.09. The zero-order chi connectivity index (χ0) is 10.8. The average Bonchev–Trinajstić information content (AvgIpc) is 2.73. The van der Waals surface area contributed by atoms with Gasteiger partial charge in [-0.15, -0.1) is 0 Å². The van der Waals surface area contributed by atoms with Crippen LogP contribution < -0.4 is 10.5 Å². The summed E-state index contributed by atoms with van der Waals surface area (Å²) in [4.78, 5) is 0. The molecule has 3 heteroatoms. The molecule has 0 aliphatic rings. The summed E-state index contributed by atoms with van der Waals surface area (Å²) in [6.07, 6.45) is 1.68. The first-order valence-corrected chi connectivity index (χ1v) is 5.01. The Morgan fingerprint density at radius 1 is 1.47 bits per heavy atom. The predicted octanol–water partition coefficient (Wildman–Crippen LogP) is 2.50. The maximum Gasteiger partial charge on any atom is 0.134 e. The molecule has 1 unspecified atom stereocenters.